The van der Waals surface area contributed by atoms with Gasteiger partial charge in [0.05, 0.1) is 5.56 Å². The predicted octanol–water partition coefficient (Wildman–Crippen LogP) is 3.24. The van der Waals surface area contributed by atoms with Crippen molar-refractivity contribution in [2.45, 2.75) is 32.9 Å². The summed E-state index contributed by atoms with van der Waals surface area (Å²) in [5, 5.41) is 6.82. The topological polar surface area (TPSA) is 90.0 Å². The molecule has 0 saturated carbocycles. The van der Waals surface area contributed by atoms with Crippen LogP contribution in [-0.4, -0.2) is 26.2 Å². The van der Waals surface area contributed by atoms with E-state index in [2.05, 4.69) is 31.4 Å². The first-order valence-corrected chi connectivity index (χ1v) is 9.12. The molecular weight excluding hydrogens is 412 g/mol. The number of rotatable bonds is 4. The van der Waals surface area contributed by atoms with Crippen molar-refractivity contribution < 1.29 is 9.32 Å². The molecule has 0 atom stereocenters. The lowest BCUT2D eigenvalue weighted by Crippen LogP contribution is -2.43. The van der Waals surface area contributed by atoms with E-state index in [9.17, 15) is 9.59 Å². The van der Waals surface area contributed by atoms with Crippen molar-refractivity contribution in [3.63, 3.8) is 0 Å². The molecule has 1 amide bonds. The van der Waals surface area contributed by atoms with E-state index in [4.69, 9.17) is 4.52 Å². The van der Waals surface area contributed by atoms with Crippen LogP contribution >= 0.6 is 15.9 Å². The van der Waals surface area contributed by atoms with E-state index >= 15 is 0 Å². The maximum atomic E-state index is 12.1. The lowest BCUT2D eigenvalue weighted by atomic mass is 10.1. The highest BCUT2D eigenvalue weighted by Crippen LogP contribution is 2.22. The molecule has 0 aliphatic heterocycles. The van der Waals surface area contributed by atoms with Crippen molar-refractivity contribution in [1.29, 1.82) is 0 Å². The zero-order valence-corrected chi connectivity index (χ0v) is 16.8. The molecule has 0 spiro atoms. The number of halogens is 1. The Kier molecular flexibility index (Phi) is 5.27. The number of amides is 1. The Hall–Kier alpha value is -2.74. The third-order valence-corrected chi connectivity index (χ3v) is 4.12. The molecule has 0 saturated heterocycles. The van der Waals surface area contributed by atoms with Gasteiger partial charge in [-0.2, -0.15) is 4.98 Å². The summed E-state index contributed by atoms with van der Waals surface area (Å²) < 4.78 is 7.60. The van der Waals surface area contributed by atoms with Gasteiger partial charge in [0.15, 0.2) is 0 Å². The van der Waals surface area contributed by atoms with E-state index in [1.807, 2.05) is 45.0 Å². The van der Waals surface area contributed by atoms with Gasteiger partial charge in [-0.15, -0.1) is 0 Å². The fourth-order valence-electron chi connectivity index (χ4n) is 2.45. The highest BCUT2D eigenvalue weighted by molar-refractivity contribution is 9.10. The molecule has 0 bridgehead atoms. The maximum absolute atomic E-state index is 12.1. The first-order chi connectivity index (χ1) is 12.7. The Bertz CT molecular complexity index is 1020. The molecule has 0 aliphatic rings. The number of hydrogen-bond acceptors (Lipinski definition) is 5. The molecular formula is C19H19BrN4O3. The summed E-state index contributed by atoms with van der Waals surface area (Å²) in [4.78, 5) is 28.6. The van der Waals surface area contributed by atoms with Gasteiger partial charge in [0.25, 0.3) is 11.4 Å². The standard InChI is InChI=1S/C19H19BrN4O3/c1-19(2,3)22-15(25)11-24-10-13(6-9-16(24)26)18-21-17(23-27-18)12-4-7-14(20)8-5-12/h4-10H,11H2,1-3H3,(H,22,25). The summed E-state index contributed by atoms with van der Waals surface area (Å²) in [5.74, 6) is 0.474. The molecule has 0 unspecified atom stereocenters. The number of pyridine rings is 1. The second-order valence-corrected chi connectivity index (χ2v) is 8.03. The zero-order valence-electron chi connectivity index (χ0n) is 15.2. The van der Waals surface area contributed by atoms with E-state index in [-0.39, 0.29) is 29.4 Å². The Morgan fingerprint density at radius 1 is 1.15 bits per heavy atom. The van der Waals surface area contributed by atoms with E-state index in [0.29, 0.717) is 11.4 Å². The molecule has 3 rings (SSSR count). The molecule has 8 heteroatoms. The predicted molar refractivity (Wildman–Crippen MR) is 105 cm³/mol. The van der Waals surface area contributed by atoms with Crippen LogP contribution in [0.5, 0.6) is 0 Å². The molecule has 2 aromatic heterocycles. The van der Waals surface area contributed by atoms with Gasteiger partial charge in [-0.25, -0.2) is 0 Å². The summed E-state index contributed by atoms with van der Waals surface area (Å²) in [6.45, 7) is 5.56. The largest absolute Gasteiger partial charge is 0.350 e. The number of nitrogens with one attached hydrogen (secondary N) is 1. The molecule has 0 radical (unpaired) electrons. The van der Waals surface area contributed by atoms with E-state index in [0.717, 1.165) is 10.0 Å². The van der Waals surface area contributed by atoms with Crippen molar-refractivity contribution in [3.8, 4) is 22.8 Å². The minimum atomic E-state index is -0.371. The summed E-state index contributed by atoms with van der Waals surface area (Å²) in [5.41, 5.74) is 0.722. The number of carbonyl (C=O) groups is 1. The van der Waals surface area contributed by atoms with Gasteiger partial charge in [-0.05, 0) is 51.1 Å². The number of benzene rings is 1. The van der Waals surface area contributed by atoms with Gasteiger partial charge in [0.1, 0.15) is 6.54 Å². The quantitative estimate of drug-likeness (QED) is 0.685. The molecule has 3 aromatic rings. The second kappa shape index (κ2) is 7.48. The number of nitrogens with zero attached hydrogens (tertiary/aromatic N) is 3. The Balaban J connectivity index is 1.85. The molecule has 140 valence electrons. The average molecular weight is 431 g/mol. The van der Waals surface area contributed by atoms with Crippen molar-refractivity contribution in [2.24, 2.45) is 0 Å². The summed E-state index contributed by atoms with van der Waals surface area (Å²) in [7, 11) is 0. The van der Waals surface area contributed by atoms with Crippen LogP contribution in [0.15, 0.2) is 56.4 Å². The lowest BCUT2D eigenvalue weighted by molar-refractivity contribution is -0.123. The number of hydrogen-bond donors (Lipinski definition) is 1. The molecule has 0 fully saturated rings. The highest BCUT2D eigenvalue weighted by atomic mass is 79.9. The number of aromatic nitrogens is 3. The van der Waals surface area contributed by atoms with Crippen LogP contribution in [0.25, 0.3) is 22.8 Å². The second-order valence-electron chi connectivity index (χ2n) is 7.11. The maximum Gasteiger partial charge on any atom is 0.259 e. The van der Waals surface area contributed by atoms with Gasteiger partial charge in [-0.3, -0.25) is 9.59 Å². The van der Waals surface area contributed by atoms with Crippen molar-refractivity contribution in [3.05, 3.63) is 57.4 Å². The monoisotopic (exact) mass is 430 g/mol. The van der Waals surface area contributed by atoms with Crippen molar-refractivity contribution >= 4 is 21.8 Å². The summed E-state index contributed by atoms with van der Waals surface area (Å²) >= 11 is 3.38. The van der Waals surface area contributed by atoms with E-state index in [1.165, 1.54) is 10.6 Å². The molecule has 1 N–H and O–H groups in total. The van der Waals surface area contributed by atoms with Gasteiger partial charge in [0.2, 0.25) is 11.7 Å². The third kappa shape index (κ3) is 4.91. The summed E-state index contributed by atoms with van der Waals surface area (Å²) in [6.07, 6.45) is 1.55. The number of carbonyl (C=O) groups excluding carboxylic acids is 1. The van der Waals surface area contributed by atoms with E-state index < -0.39 is 0 Å². The molecule has 7 nitrogen and oxygen atoms in total. The Morgan fingerprint density at radius 2 is 1.81 bits per heavy atom. The Morgan fingerprint density at radius 3 is 2.48 bits per heavy atom. The lowest BCUT2D eigenvalue weighted by Gasteiger charge is -2.20. The normalized spacial score (nSPS) is 11.4. The molecule has 27 heavy (non-hydrogen) atoms. The van der Waals surface area contributed by atoms with Crippen LogP contribution in [-0.2, 0) is 11.3 Å². The van der Waals surface area contributed by atoms with Gasteiger partial charge in [0, 0.05) is 27.8 Å². The van der Waals surface area contributed by atoms with Gasteiger partial charge >= 0.3 is 0 Å². The van der Waals surface area contributed by atoms with Crippen LogP contribution in [0.2, 0.25) is 0 Å². The third-order valence-electron chi connectivity index (χ3n) is 3.59. The fourth-order valence-corrected chi connectivity index (χ4v) is 2.72. The first kappa shape index (κ1) is 19.0. The Labute approximate surface area is 164 Å². The van der Waals surface area contributed by atoms with Gasteiger partial charge in [-0.1, -0.05) is 21.1 Å². The first-order valence-electron chi connectivity index (χ1n) is 8.33. The SMILES string of the molecule is CC(C)(C)NC(=O)Cn1cc(-c2nc(-c3ccc(Br)cc3)no2)ccc1=O. The van der Waals surface area contributed by atoms with Gasteiger partial charge < -0.3 is 14.4 Å². The van der Waals surface area contributed by atoms with Crippen LogP contribution in [0.4, 0.5) is 0 Å². The van der Waals surface area contributed by atoms with E-state index in [1.54, 1.807) is 12.3 Å². The van der Waals surface area contributed by atoms with Crippen LogP contribution < -0.4 is 10.9 Å². The minimum Gasteiger partial charge on any atom is -0.350 e. The molecule has 1 aromatic carbocycles. The van der Waals surface area contributed by atoms with Crippen molar-refractivity contribution in [1.82, 2.24) is 20.0 Å². The molecule has 2 heterocycles. The minimum absolute atomic E-state index is 0.0857. The van der Waals surface area contributed by atoms with Crippen LogP contribution in [0.3, 0.4) is 0 Å². The zero-order chi connectivity index (χ0) is 19.6. The smallest absolute Gasteiger partial charge is 0.259 e. The fraction of sp³-hybridized carbons (Fsp3) is 0.263. The summed E-state index contributed by atoms with van der Waals surface area (Å²) in [6, 6.07) is 10.5. The van der Waals surface area contributed by atoms with Crippen LogP contribution in [0.1, 0.15) is 20.8 Å². The average Bonchev–Trinajstić information content (AvgIpc) is 3.06. The highest BCUT2D eigenvalue weighted by Gasteiger charge is 2.16. The molecule has 0 aliphatic carbocycles. The van der Waals surface area contributed by atoms with Crippen LogP contribution in [0, 0.1) is 0 Å². The van der Waals surface area contributed by atoms with Crippen molar-refractivity contribution in [2.75, 3.05) is 0 Å².